The first kappa shape index (κ1) is 3.15. The SMILES string of the molecule is [2H]c1c(Br)c([2H])c(OC([2H])([2H])[2H])c([2H])c1Br. The topological polar surface area (TPSA) is 9.23 Å². The number of ether oxygens (including phenoxy) is 1. The van der Waals surface area contributed by atoms with Crippen molar-refractivity contribution >= 4 is 31.9 Å². The Morgan fingerprint density at radius 1 is 1.40 bits per heavy atom. The molecule has 1 nitrogen and oxygen atoms in total. The lowest BCUT2D eigenvalue weighted by atomic mass is 10.3. The standard InChI is InChI=1S/C7H6Br2O/c1-10-7-3-5(8)2-6(9)4-7/h2-4H,1H3/i1D3,2D,3D,4D. The van der Waals surface area contributed by atoms with Crippen LogP contribution in [0.3, 0.4) is 0 Å². The maximum absolute atomic E-state index is 7.57. The van der Waals surface area contributed by atoms with Crippen LogP contribution in [0, 0.1) is 0 Å². The van der Waals surface area contributed by atoms with E-state index in [4.69, 9.17) is 8.22 Å². The van der Waals surface area contributed by atoms with E-state index in [9.17, 15) is 0 Å². The molecular formula is C7H6Br2O. The molecule has 3 heteroatoms. The number of hydrogen-bond acceptors (Lipinski definition) is 1. The highest BCUT2D eigenvalue weighted by atomic mass is 79.9. The van der Waals surface area contributed by atoms with Crippen LogP contribution in [0.1, 0.15) is 8.22 Å². The molecule has 0 aromatic heterocycles. The largest absolute Gasteiger partial charge is 0.497 e. The minimum absolute atomic E-state index is 0.0784. The Bertz CT molecular complexity index is 401. The van der Waals surface area contributed by atoms with Gasteiger partial charge in [-0.05, 0) is 18.1 Å². The summed E-state index contributed by atoms with van der Waals surface area (Å²) in [5.41, 5.74) is 0. The van der Waals surface area contributed by atoms with Crippen LogP contribution in [0.4, 0.5) is 0 Å². The fraction of sp³-hybridized carbons (Fsp3) is 0.143. The van der Waals surface area contributed by atoms with Crippen LogP contribution in [0.25, 0.3) is 0 Å². The van der Waals surface area contributed by atoms with Crippen LogP contribution >= 0.6 is 31.9 Å². The van der Waals surface area contributed by atoms with E-state index in [0.717, 1.165) is 0 Å². The van der Waals surface area contributed by atoms with E-state index in [1.165, 1.54) is 0 Å². The van der Waals surface area contributed by atoms with Crippen LogP contribution in [0.5, 0.6) is 5.75 Å². The second kappa shape index (κ2) is 3.39. The van der Waals surface area contributed by atoms with Crippen LogP contribution in [-0.2, 0) is 0 Å². The molecule has 0 bridgehead atoms. The van der Waals surface area contributed by atoms with Crippen molar-refractivity contribution in [3.63, 3.8) is 0 Å². The summed E-state index contributed by atoms with van der Waals surface area (Å²) in [5.74, 6) is -0.380. The van der Waals surface area contributed by atoms with Crippen molar-refractivity contribution in [3.8, 4) is 5.75 Å². The van der Waals surface area contributed by atoms with Gasteiger partial charge < -0.3 is 4.74 Å². The van der Waals surface area contributed by atoms with E-state index in [0.29, 0.717) is 0 Å². The average molecular weight is 272 g/mol. The maximum Gasteiger partial charge on any atom is 0.121 e. The number of halogens is 2. The molecule has 1 rings (SSSR count). The number of hydrogen-bond donors (Lipinski definition) is 0. The molecule has 0 radical (unpaired) electrons. The highest BCUT2D eigenvalue weighted by Gasteiger charge is 1.94. The zero-order chi connectivity index (χ0) is 12.7. The molecule has 0 fully saturated rings. The second-order valence-corrected chi connectivity index (χ2v) is 3.02. The van der Waals surface area contributed by atoms with Crippen LogP contribution in [0.2, 0.25) is 0 Å². The lowest BCUT2D eigenvalue weighted by Crippen LogP contribution is -1.81. The molecule has 1 aromatic rings. The minimum atomic E-state index is -2.73. The molecule has 0 aliphatic rings. The van der Waals surface area contributed by atoms with Crippen molar-refractivity contribution in [2.45, 2.75) is 0 Å². The Morgan fingerprint density at radius 3 is 2.50 bits per heavy atom. The van der Waals surface area contributed by atoms with E-state index in [1.807, 2.05) is 0 Å². The maximum atomic E-state index is 7.57. The molecule has 0 saturated carbocycles. The van der Waals surface area contributed by atoms with Gasteiger partial charge in [-0.25, -0.2) is 0 Å². The Hall–Kier alpha value is -0.0200. The smallest absolute Gasteiger partial charge is 0.121 e. The van der Waals surface area contributed by atoms with E-state index >= 15 is 0 Å². The van der Waals surface area contributed by atoms with Gasteiger partial charge in [-0.1, -0.05) is 31.9 Å². The van der Waals surface area contributed by atoms with E-state index < -0.39 is 7.04 Å². The third kappa shape index (κ3) is 1.99. The molecule has 0 aliphatic carbocycles. The molecule has 0 amide bonds. The van der Waals surface area contributed by atoms with Gasteiger partial charge in [-0.2, -0.15) is 0 Å². The fourth-order valence-electron chi connectivity index (χ4n) is 0.440. The molecule has 0 N–H and O–H groups in total. The van der Waals surface area contributed by atoms with Crippen molar-refractivity contribution in [1.82, 2.24) is 0 Å². The molecule has 10 heavy (non-hydrogen) atoms. The first-order valence-corrected chi connectivity index (χ1v) is 3.87. The number of benzene rings is 1. The van der Waals surface area contributed by atoms with Gasteiger partial charge >= 0.3 is 0 Å². The summed E-state index contributed by atoms with van der Waals surface area (Å²) < 4.78 is 48.2. The summed E-state index contributed by atoms with van der Waals surface area (Å²) in [6.45, 7) is 0. The Kier molecular flexibility index (Phi) is 1.07. The Balaban J connectivity index is 3.40. The molecule has 0 heterocycles. The van der Waals surface area contributed by atoms with Gasteiger partial charge in [0.2, 0.25) is 0 Å². The predicted molar refractivity (Wildman–Crippen MR) is 48.4 cm³/mol. The summed E-state index contributed by atoms with van der Waals surface area (Å²) in [6, 6.07) is -0.739. The van der Waals surface area contributed by atoms with Crippen LogP contribution in [0.15, 0.2) is 27.1 Å². The number of rotatable bonds is 1. The van der Waals surface area contributed by atoms with Crippen molar-refractivity contribution in [3.05, 3.63) is 27.1 Å². The zero-order valence-electron chi connectivity index (χ0n) is 10.7. The molecule has 0 spiro atoms. The van der Waals surface area contributed by atoms with E-state index in [1.54, 1.807) is 0 Å². The third-order valence-corrected chi connectivity index (χ3v) is 1.56. The number of methoxy groups -OCH3 is 1. The second-order valence-electron chi connectivity index (χ2n) is 1.43. The molecule has 0 saturated heterocycles. The van der Waals surface area contributed by atoms with Gasteiger partial charge in [0, 0.05) is 8.95 Å². The minimum Gasteiger partial charge on any atom is -0.497 e. The molecule has 0 aliphatic heterocycles. The Morgan fingerprint density at radius 2 is 2.00 bits per heavy atom. The van der Waals surface area contributed by atoms with Crippen molar-refractivity contribution < 1.29 is 13.0 Å². The molecule has 0 atom stereocenters. The summed E-state index contributed by atoms with van der Waals surface area (Å²) in [7, 11) is -2.73. The van der Waals surface area contributed by atoms with E-state index in [-0.39, 0.29) is 32.8 Å². The van der Waals surface area contributed by atoms with E-state index in [2.05, 4.69) is 36.6 Å². The van der Waals surface area contributed by atoms with Crippen molar-refractivity contribution in [2.24, 2.45) is 0 Å². The summed E-state index contributed by atoms with van der Waals surface area (Å²) >= 11 is 5.94. The van der Waals surface area contributed by atoms with Crippen molar-refractivity contribution in [1.29, 1.82) is 0 Å². The van der Waals surface area contributed by atoms with Gasteiger partial charge in [0.05, 0.1) is 15.3 Å². The van der Waals surface area contributed by atoms with Crippen LogP contribution in [-0.4, -0.2) is 7.04 Å². The Labute approximate surface area is 85.1 Å². The van der Waals surface area contributed by atoms with Gasteiger partial charge in [-0.3, -0.25) is 0 Å². The van der Waals surface area contributed by atoms with Gasteiger partial charge in [0.25, 0.3) is 0 Å². The van der Waals surface area contributed by atoms with Crippen LogP contribution < -0.4 is 4.74 Å². The molecular weight excluding hydrogens is 260 g/mol. The lowest BCUT2D eigenvalue weighted by molar-refractivity contribution is 0.414. The average Bonchev–Trinajstić information content (AvgIpc) is 2.17. The first-order chi connectivity index (χ1) is 7.15. The van der Waals surface area contributed by atoms with Gasteiger partial charge in [0.15, 0.2) is 0 Å². The lowest BCUT2D eigenvalue weighted by Gasteiger charge is -1.99. The summed E-state index contributed by atoms with van der Waals surface area (Å²) in [4.78, 5) is 0. The third-order valence-electron chi connectivity index (χ3n) is 0.768. The highest BCUT2D eigenvalue weighted by Crippen LogP contribution is 2.24. The van der Waals surface area contributed by atoms with Gasteiger partial charge in [-0.15, -0.1) is 0 Å². The predicted octanol–water partition coefficient (Wildman–Crippen LogP) is 3.22. The van der Waals surface area contributed by atoms with Crippen molar-refractivity contribution in [2.75, 3.05) is 7.04 Å². The monoisotopic (exact) mass is 270 g/mol. The molecule has 54 valence electrons. The molecule has 1 aromatic carbocycles. The highest BCUT2D eigenvalue weighted by molar-refractivity contribution is 9.11. The summed E-state index contributed by atoms with van der Waals surface area (Å²) in [6.07, 6.45) is 0. The van der Waals surface area contributed by atoms with Gasteiger partial charge in [0.1, 0.15) is 5.75 Å². The summed E-state index contributed by atoms with van der Waals surface area (Å²) in [5, 5.41) is 0. The quantitative estimate of drug-likeness (QED) is 0.762. The first-order valence-electron chi connectivity index (χ1n) is 5.29. The molecule has 0 unspecified atom stereocenters. The zero-order valence-corrected chi connectivity index (χ0v) is 7.84. The normalized spacial score (nSPS) is 19.4. The fourth-order valence-corrected chi connectivity index (χ4v) is 1.46.